The quantitative estimate of drug-likeness (QED) is 0.548. The molecule has 3 heterocycles. The van der Waals surface area contributed by atoms with Crippen LogP contribution in [0.1, 0.15) is 23.6 Å². The average Bonchev–Trinajstić information content (AvgIpc) is 3.33. The summed E-state index contributed by atoms with van der Waals surface area (Å²) >= 11 is 1.30. The monoisotopic (exact) mass is 457 g/mol. The number of nitrogens with zero attached hydrogens (tertiary/aromatic N) is 4. The summed E-state index contributed by atoms with van der Waals surface area (Å²) in [6.07, 6.45) is 3.74. The van der Waals surface area contributed by atoms with Crippen molar-refractivity contribution in [2.45, 2.75) is 27.3 Å². The molecule has 1 aromatic heterocycles. The molecule has 0 radical (unpaired) electrons. The second-order valence-corrected chi connectivity index (χ2v) is 9.16. The van der Waals surface area contributed by atoms with E-state index in [0.29, 0.717) is 18.3 Å². The zero-order chi connectivity index (χ0) is 23.1. The Hall–Kier alpha value is -3.65. The van der Waals surface area contributed by atoms with Crippen LogP contribution in [0.3, 0.4) is 0 Å². The molecule has 8 heteroatoms. The molecule has 33 heavy (non-hydrogen) atoms. The van der Waals surface area contributed by atoms with E-state index in [9.17, 15) is 4.79 Å². The lowest BCUT2D eigenvalue weighted by atomic mass is 10.1. The van der Waals surface area contributed by atoms with Gasteiger partial charge < -0.3 is 9.30 Å². The fourth-order valence-electron chi connectivity index (χ4n) is 4.09. The molecule has 0 aliphatic carbocycles. The number of carbonyl (C=O) groups excluding carboxylic acids is 1. The van der Waals surface area contributed by atoms with Gasteiger partial charge in [-0.05, 0) is 55.8 Å². The Bertz CT molecular complexity index is 1380. The van der Waals surface area contributed by atoms with E-state index in [-0.39, 0.29) is 11.4 Å². The largest absolute Gasteiger partial charge is 0.491 e. The predicted octanol–water partition coefficient (Wildman–Crippen LogP) is 4.98. The number of nitrogens with one attached hydrogen (secondary N) is 1. The van der Waals surface area contributed by atoms with Gasteiger partial charge in [-0.3, -0.25) is 10.2 Å². The summed E-state index contributed by atoms with van der Waals surface area (Å²) in [6.45, 7) is 7.10. The summed E-state index contributed by atoms with van der Waals surface area (Å²) in [6, 6.07) is 14.2. The number of ether oxygens (including phenoxy) is 1. The van der Waals surface area contributed by atoms with E-state index in [1.54, 1.807) is 6.08 Å². The summed E-state index contributed by atoms with van der Waals surface area (Å²) < 4.78 is 8.23. The van der Waals surface area contributed by atoms with Gasteiger partial charge in [-0.15, -0.1) is 0 Å². The maximum absolute atomic E-state index is 12.7. The number of aromatic nitrogens is 1. The highest BCUT2D eigenvalue weighted by Crippen LogP contribution is 2.30. The standard InChI is InChI=1S/C25H23N5O2S/c1-15-7-6-8-16(2)22(15)32-12-11-29-14-18(19-9-4-5-10-21(19)29)13-20-23(26)30-25(27-24(20)31)33-17(3)28-30/h4-10,13-14,26H,11-12H2,1-3H3/b20-13-,26-23?. The zero-order valence-corrected chi connectivity index (χ0v) is 19.4. The van der Waals surface area contributed by atoms with Gasteiger partial charge in [0, 0.05) is 22.7 Å². The van der Waals surface area contributed by atoms with Crippen LogP contribution >= 0.6 is 11.8 Å². The molecule has 0 saturated heterocycles. The molecule has 0 bridgehead atoms. The Kier molecular flexibility index (Phi) is 5.38. The molecule has 166 valence electrons. The maximum atomic E-state index is 12.7. The molecule has 2 aromatic carbocycles. The van der Waals surface area contributed by atoms with Crippen LogP contribution in [0.2, 0.25) is 0 Å². The van der Waals surface area contributed by atoms with Crippen LogP contribution in [0.5, 0.6) is 5.75 Å². The van der Waals surface area contributed by atoms with Crippen LogP contribution in [-0.2, 0) is 11.3 Å². The fourth-order valence-corrected chi connectivity index (χ4v) is 4.83. The third-order valence-electron chi connectivity index (χ3n) is 5.66. The van der Waals surface area contributed by atoms with Crippen LogP contribution in [0.15, 0.2) is 64.3 Å². The van der Waals surface area contributed by atoms with E-state index in [4.69, 9.17) is 10.1 Å². The molecular formula is C25H23N5O2S. The van der Waals surface area contributed by atoms with Crippen molar-refractivity contribution in [2.75, 3.05) is 6.61 Å². The lowest BCUT2D eigenvalue weighted by Crippen LogP contribution is -2.35. The molecule has 2 aliphatic heterocycles. The normalized spacial score (nSPS) is 16.9. The van der Waals surface area contributed by atoms with Crippen molar-refractivity contribution >= 4 is 50.7 Å². The van der Waals surface area contributed by atoms with Gasteiger partial charge in [-0.2, -0.15) is 15.1 Å². The molecule has 2 aliphatic rings. The minimum absolute atomic E-state index is 0.0459. The van der Waals surface area contributed by atoms with Crippen molar-refractivity contribution in [1.29, 1.82) is 5.41 Å². The van der Waals surface area contributed by atoms with E-state index in [2.05, 4.69) is 14.7 Å². The van der Waals surface area contributed by atoms with Gasteiger partial charge in [0.1, 0.15) is 12.4 Å². The van der Waals surface area contributed by atoms with Gasteiger partial charge in [0.15, 0.2) is 5.84 Å². The molecule has 0 atom stereocenters. The van der Waals surface area contributed by atoms with Gasteiger partial charge >= 0.3 is 0 Å². The molecule has 1 amide bonds. The first-order valence-corrected chi connectivity index (χ1v) is 11.5. The highest BCUT2D eigenvalue weighted by Gasteiger charge is 2.34. The second-order valence-electron chi connectivity index (χ2n) is 8.00. The number of amidine groups is 2. The first-order valence-electron chi connectivity index (χ1n) is 10.7. The second kappa shape index (κ2) is 8.37. The van der Waals surface area contributed by atoms with Gasteiger partial charge in [-0.25, -0.2) is 0 Å². The van der Waals surface area contributed by atoms with Gasteiger partial charge in [-0.1, -0.05) is 36.4 Å². The summed E-state index contributed by atoms with van der Waals surface area (Å²) in [4.78, 5) is 16.8. The Morgan fingerprint density at radius 3 is 2.64 bits per heavy atom. The first-order chi connectivity index (χ1) is 15.9. The van der Waals surface area contributed by atoms with Crippen molar-refractivity contribution < 1.29 is 9.53 Å². The average molecular weight is 458 g/mol. The number of hydrogen-bond acceptors (Lipinski definition) is 5. The number of carbonyl (C=O) groups is 1. The van der Waals surface area contributed by atoms with E-state index >= 15 is 0 Å². The Balaban J connectivity index is 1.45. The Labute approximate surface area is 196 Å². The maximum Gasteiger partial charge on any atom is 0.283 e. The van der Waals surface area contributed by atoms with Crippen LogP contribution in [0.25, 0.3) is 17.0 Å². The van der Waals surface area contributed by atoms with Gasteiger partial charge in [0.05, 0.1) is 17.2 Å². The number of aliphatic imine (C=N–C) groups is 1. The van der Waals surface area contributed by atoms with Crippen molar-refractivity contribution in [3.05, 3.63) is 70.9 Å². The minimum atomic E-state index is -0.418. The van der Waals surface area contributed by atoms with E-state index < -0.39 is 5.91 Å². The van der Waals surface area contributed by atoms with Crippen molar-refractivity contribution in [3.63, 3.8) is 0 Å². The molecule has 5 rings (SSSR count). The number of para-hydroxylation sites is 2. The first kappa shape index (κ1) is 21.2. The topological polar surface area (TPSA) is 83.0 Å². The third kappa shape index (κ3) is 3.87. The minimum Gasteiger partial charge on any atom is -0.491 e. The smallest absolute Gasteiger partial charge is 0.283 e. The van der Waals surface area contributed by atoms with Crippen molar-refractivity contribution in [3.8, 4) is 5.75 Å². The number of hydrazone groups is 1. The zero-order valence-electron chi connectivity index (χ0n) is 18.6. The number of benzene rings is 2. The molecule has 1 N–H and O–H groups in total. The van der Waals surface area contributed by atoms with E-state index in [0.717, 1.165) is 38.4 Å². The highest BCUT2D eigenvalue weighted by atomic mass is 32.2. The van der Waals surface area contributed by atoms with Crippen LogP contribution in [0.4, 0.5) is 0 Å². The lowest BCUT2D eigenvalue weighted by Gasteiger charge is -2.20. The molecule has 7 nitrogen and oxygen atoms in total. The summed E-state index contributed by atoms with van der Waals surface area (Å²) in [7, 11) is 0. The molecule has 0 spiro atoms. The summed E-state index contributed by atoms with van der Waals surface area (Å²) in [5.74, 6) is 0.550. The predicted molar refractivity (Wildman–Crippen MR) is 134 cm³/mol. The number of amides is 1. The summed E-state index contributed by atoms with van der Waals surface area (Å²) in [5.41, 5.74) is 4.36. The van der Waals surface area contributed by atoms with Crippen LogP contribution in [-0.4, -0.2) is 38.1 Å². The van der Waals surface area contributed by atoms with Crippen LogP contribution in [0, 0.1) is 19.3 Å². The molecule has 0 unspecified atom stereocenters. The molecular weight excluding hydrogens is 434 g/mol. The number of aryl methyl sites for hydroxylation is 2. The van der Waals surface area contributed by atoms with Crippen LogP contribution < -0.4 is 4.74 Å². The Morgan fingerprint density at radius 2 is 1.85 bits per heavy atom. The van der Waals surface area contributed by atoms with E-state index in [1.165, 1.54) is 16.8 Å². The Morgan fingerprint density at radius 1 is 1.09 bits per heavy atom. The molecule has 0 saturated carbocycles. The fraction of sp³-hybridized carbons (Fsp3) is 0.200. The van der Waals surface area contributed by atoms with Crippen molar-refractivity contribution in [2.24, 2.45) is 10.1 Å². The van der Waals surface area contributed by atoms with Gasteiger partial charge in [0.2, 0.25) is 5.17 Å². The van der Waals surface area contributed by atoms with Gasteiger partial charge in [0.25, 0.3) is 5.91 Å². The highest BCUT2D eigenvalue weighted by molar-refractivity contribution is 8.26. The SMILES string of the molecule is CC1=NN2C(=N)/C(=C/c3cn(CCOc4c(C)cccc4C)c4ccccc34)C(=O)N=C2S1. The van der Waals surface area contributed by atoms with E-state index in [1.807, 2.05) is 69.4 Å². The molecule has 0 fully saturated rings. The summed E-state index contributed by atoms with van der Waals surface area (Å²) in [5, 5.41) is 16.4. The lowest BCUT2D eigenvalue weighted by molar-refractivity contribution is -0.114. The number of fused-ring (bicyclic) bond motifs is 2. The molecule has 3 aromatic rings. The number of hydrogen-bond donors (Lipinski definition) is 1. The van der Waals surface area contributed by atoms with Crippen molar-refractivity contribution in [1.82, 2.24) is 9.58 Å². The number of thioether (sulfide) groups is 1. The third-order valence-corrected chi connectivity index (χ3v) is 6.49. The number of rotatable bonds is 5.